The number of anilines is 1. The van der Waals surface area contributed by atoms with E-state index >= 15 is 0 Å². The van der Waals surface area contributed by atoms with Crippen molar-refractivity contribution in [3.05, 3.63) is 99.6 Å². The predicted molar refractivity (Wildman–Crippen MR) is 129 cm³/mol. The first kappa shape index (κ1) is 25.3. The molecular weight excluding hydrogens is 466 g/mol. The summed E-state index contributed by atoms with van der Waals surface area (Å²) in [6, 6.07) is 20.1. The fourth-order valence-electron chi connectivity index (χ4n) is 3.05. The highest BCUT2D eigenvalue weighted by atomic mass is 16.6. The Bertz CT molecular complexity index is 1390. The number of nitrogens with zero attached hydrogens (tertiary/aromatic N) is 3. The molecule has 11 heteroatoms. The maximum atomic E-state index is 12.6. The van der Waals surface area contributed by atoms with Crippen LogP contribution in [0, 0.1) is 21.4 Å². The molecule has 0 radical (unpaired) electrons. The predicted octanol–water partition coefficient (Wildman–Crippen LogP) is 3.36. The van der Waals surface area contributed by atoms with Crippen LogP contribution in [0.15, 0.2) is 77.9 Å². The molecular formula is C25H19N5O6. The van der Waals surface area contributed by atoms with Gasteiger partial charge in [-0.3, -0.25) is 19.7 Å². The molecule has 3 rings (SSSR count). The van der Waals surface area contributed by atoms with Gasteiger partial charge in [0.05, 0.1) is 23.1 Å². The first-order chi connectivity index (χ1) is 17.3. The Morgan fingerprint density at radius 1 is 0.972 bits per heavy atom. The molecule has 0 fully saturated rings. The number of ether oxygens (including phenoxy) is 1. The van der Waals surface area contributed by atoms with E-state index in [4.69, 9.17) is 10.00 Å². The molecule has 180 valence electrons. The van der Waals surface area contributed by atoms with E-state index < -0.39 is 28.4 Å². The number of hydrazone groups is 1. The van der Waals surface area contributed by atoms with E-state index in [2.05, 4.69) is 15.8 Å². The summed E-state index contributed by atoms with van der Waals surface area (Å²) in [5.74, 6) is -2.88. The number of para-hydroxylation sites is 2. The Balaban J connectivity index is 1.69. The van der Waals surface area contributed by atoms with Gasteiger partial charge < -0.3 is 10.1 Å². The lowest BCUT2D eigenvalue weighted by Gasteiger charge is -2.10. The summed E-state index contributed by atoms with van der Waals surface area (Å²) in [5.41, 5.74) is 3.17. The zero-order valence-electron chi connectivity index (χ0n) is 18.9. The number of carbonyl (C=O) groups excluding carboxylic acids is 3. The molecule has 0 bridgehead atoms. The molecule has 0 spiro atoms. The lowest BCUT2D eigenvalue weighted by atomic mass is 10.1. The number of nitriles is 1. The zero-order chi connectivity index (χ0) is 26.1. The van der Waals surface area contributed by atoms with Crippen molar-refractivity contribution in [1.82, 2.24) is 5.43 Å². The zero-order valence-corrected chi connectivity index (χ0v) is 18.9. The summed E-state index contributed by atoms with van der Waals surface area (Å²) >= 11 is 0. The largest absolute Gasteiger partial charge is 0.422 e. The van der Waals surface area contributed by atoms with E-state index in [-0.39, 0.29) is 23.4 Å². The topological polar surface area (TPSA) is 164 Å². The van der Waals surface area contributed by atoms with E-state index in [1.807, 2.05) is 6.07 Å². The Kier molecular flexibility index (Phi) is 8.18. The molecule has 0 atom stereocenters. The third-order valence-electron chi connectivity index (χ3n) is 4.83. The third-order valence-corrected chi connectivity index (χ3v) is 4.83. The van der Waals surface area contributed by atoms with Gasteiger partial charge in [-0.25, -0.2) is 10.2 Å². The molecule has 11 nitrogen and oxygen atoms in total. The van der Waals surface area contributed by atoms with Gasteiger partial charge in [-0.2, -0.15) is 10.4 Å². The average molecular weight is 485 g/mol. The molecule has 0 aliphatic carbocycles. The first-order valence-electron chi connectivity index (χ1n) is 10.5. The van der Waals surface area contributed by atoms with Crippen LogP contribution in [0.4, 0.5) is 11.4 Å². The van der Waals surface area contributed by atoms with Gasteiger partial charge >= 0.3 is 17.8 Å². The van der Waals surface area contributed by atoms with Crippen molar-refractivity contribution in [3.8, 4) is 11.8 Å². The van der Waals surface area contributed by atoms with Gasteiger partial charge in [0.15, 0.2) is 0 Å². The second-order valence-corrected chi connectivity index (χ2v) is 7.28. The van der Waals surface area contributed by atoms with Crippen LogP contribution in [0.5, 0.6) is 5.75 Å². The molecule has 2 N–H and O–H groups in total. The van der Waals surface area contributed by atoms with Gasteiger partial charge in [-0.1, -0.05) is 36.4 Å². The van der Waals surface area contributed by atoms with Crippen molar-refractivity contribution in [2.45, 2.75) is 13.3 Å². The monoisotopic (exact) mass is 485 g/mol. The minimum atomic E-state index is -1.04. The van der Waals surface area contributed by atoms with E-state index in [1.165, 1.54) is 37.3 Å². The Morgan fingerprint density at radius 3 is 2.28 bits per heavy atom. The van der Waals surface area contributed by atoms with Gasteiger partial charge in [0, 0.05) is 17.3 Å². The summed E-state index contributed by atoms with van der Waals surface area (Å²) < 4.78 is 5.37. The van der Waals surface area contributed by atoms with Crippen molar-refractivity contribution in [2.75, 3.05) is 5.32 Å². The quantitative estimate of drug-likeness (QED) is 0.129. The molecule has 0 heterocycles. The molecule has 36 heavy (non-hydrogen) atoms. The molecule has 0 saturated carbocycles. The molecule has 0 aliphatic rings. The summed E-state index contributed by atoms with van der Waals surface area (Å²) in [4.78, 5) is 47.5. The second kappa shape index (κ2) is 11.7. The van der Waals surface area contributed by atoms with Gasteiger partial charge in [-0.05, 0) is 42.8 Å². The fraction of sp³-hybridized carbons (Fsp3) is 0.0800. The van der Waals surface area contributed by atoms with E-state index in [9.17, 15) is 24.5 Å². The Morgan fingerprint density at radius 2 is 1.61 bits per heavy atom. The Labute approximate surface area is 205 Å². The normalized spacial score (nSPS) is 10.6. The summed E-state index contributed by atoms with van der Waals surface area (Å²) in [6.45, 7) is 1.52. The number of rotatable bonds is 7. The molecule has 0 unspecified atom stereocenters. The summed E-state index contributed by atoms with van der Waals surface area (Å²) in [7, 11) is 0. The maximum Gasteiger partial charge on any atom is 0.350 e. The van der Waals surface area contributed by atoms with E-state index in [0.717, 1.165) is 5.56 Å². The number of benzene rings is 3. The van der Waals surface area contributed by atoms with Crippen molar-refractivity contribution in [2.24, 2.45) is 5.10 Å². The molecule has 3 aromatic rings. The van der Waals surface area contributed by atoms with Crippen LogP contribution in [0.3, 0.4) is 0 Å². The van der Waals surface area contributed by atoms with Crippen molar-refractivity contribution < 1.29 is 24.0 Å². The molecule has 0 saturated heterocycles. The number of hydrogen-bond donors (Lipinski definition) is 2. The highest BCUT2D eigenvalue weighted by molar-refractivity contribution is 6.39. The van der Waals surface area contributed by atoms with Crippen LogP contribution in [0.2, 0.25) is 0 Å². The lowest BCUT2D eigenvalue weighted by Crippen LogP contribution is -2.33. The van der Waals surface area contributed by atoms with Crippen molar-refractivity contribution in [1.29, 1.82) is 5.26 Å². The minimum Gasteiger partial charge on any atom is -0.422 e. The third kappa shape index (κ3) is 6.36. The fourth-order valence-corrected chi connectivity index (χ4v) is 3.05. The molecule has 3 aromatic carbocycles. The van der Waals surface area contributed by atoms with Crippen molar-refractivity contribution >= 4 is 34.9 Å². The number of nitro benzene ring substituents is 1. The molecule has 0 aliphatic heterocycles. The summed E-state index contributed by atoms with van der Waals surface area (Å²) in [5, 5.41) is 26.2. The average Bonchev–Trinajstić information content (AvgIpc) is 2.88. The minimum absolute atomic E-state index is 0.0538. The van der Waals surface area contributed by atoms with Crippen LogP contribution in [-0.2, 0) is 16.0 Å². The number of hydrogen-bond acceptors (Lipinski definition) is 8. The van der Waals surface area contributed by atoms with Gasteiger partial charge in [0.25, 0.3) is 5.69 Å². The smallest absolute Gasteiger partial charge is 0.350 e. The second-order valence-electron chi connectivity index (χ2n) is 7.28. The van der Waals surface area contributed by atoms with Crippen LogP contribution < -0.4 is 15.5 Å². The van der Waals surface area contributed by atoms with Gasteiger partial charge in [-0.15, -0.1) is 0 Å². The van der Waals surface area contributed by atoms with Gasteiger partial charge in [0.2, 0.25) is 0 Å². The first-order valence-corrected chi connectivity index (χ1v) is 10.5. The SMILES string of the molecule is C/C(=N\NC(=O)C(=O)Nc1ccc(CC#N)cc1)c1ccccc1OC(=O)c1ccccc1[N+](=O)[O-]. The highest BCUT2D eigenvalue weighted by Gasteiger charge is 2.22. The van der Waals surface area contributed by atoms with E-state index in [0.29, 0.717) is 11.3 Å². The van der Waals surface area contributed by atoms with Gasteiger partial charge in [0.1, 0.15) is 11.3 Å². The van der Waals surface area contributed by atoms with Crippen LogP contribution in [-0.4, -0.2) is 28.4 Å². The highest BCUT2D eigenvalue weighted by Crippen LogP contribution is 2.23. The number of nitrogens with one attached hydrogen (secondary N) is 2. The van der Waals surface area contributed by atoms with Crippen LogP contribution in [0.1, 0.15) is 28.4 Å². The summed E-state index contributed by atoms with van der Waals surface area (Å²) in [6.07, 6.45) is 0.224. The number of nitro groups is 1. The number of amides is 2. The van der Waals surface area contributed by atoms with Crippen molar-refractivity contribution in [3.63, 3.8) is 0 Å². The molecule has 2 amide bonds. The van der Waals surface area contributed by atoms with E-state index in [1.54, 1.807) is 42.5 Å². The number of carbonyl (C=O) groups is 3. The molecule has 0 aromatic heterocycles. The number of esters is 1. The standard InChI is InChI=1S/C25H19N5O6/c1-16(28-29-24(32)23(31)27-18-12-10-17(11-13-18)14-15-26)19-6-3-5-9-22(19)36-25(33)20-7-2-4-8-21(20)30(34)35/h2-13H,14H2,1H3,(H,27,31)(H,29,32)/b28-16+. The van der Waals surface area contributed by atoms with Crippen LogP contribution >= 0.6 is 0 Å². The van der Waals surface area contributed by atoms with Crippen LogP contribution in [0.25, 0.3) is 0 Å². The Hall–Kier alpha value is -5.37. The lowest BCUT2D eigenvalue weighted by molar-refractivity contribution is -0.385. The maximum absolute atomic E-state index is 12.6.